The van der Waals surface area contributed by atoms with E-state index in [4.69, 9.17) is 5.11 Å². The normalized spacial score (nSPS) is 23.3. The van der Waals surface area contributed by atoms with E-state index in [1.165, 1.54) is 38.8 Å². The fraction of sp³-hybridized carbons (Fsp3) is 0.923. The van der Waals surface area contributed by atoms with Crippen LogP contribution in [0.25, 0.3) is 0 Å². The number of likely N-dealkylation sites (tertiary alicyclic amines) is 1. The van der Waals surface area contributed by atoms with Crippen LogP contribution < -0.4 is 0 Å². The summed E-state index contributed by atoms with van der Waals surface area (Å²) < 4.78 is 0. The van der Waals surface area contributed by atoms with Gasteiger partial charge in [0.2, 0.25) is 0 Å². The molecule has 0 aromatic heterocycles. The second kappa shape index (κ2) is 7.66. The lowest BCUT2D eigenvalue weighted by Gasteiger charge is -2.20. The fourth-order valence-electron chi connectivity index (χ4n) is 2.40. The minimum absolute atomic E-state index is 0.0289. The highest BCUT2D eigenvalue weighted by Gasteiger charge is 2.19. The van der Waals surface area contributed by atoms with E-state index in [0.717, 1.165) is 25.7 Å². The monoisotopic (exact) mass is 227 g/mol. The molecule has 2 rings (SSSR count). The van der Waals surface area contributed by atoms with Crippen molar-refractivity contribution in [2.75, 3.05) is 20.1 Å². The zero-order chi connectivity index (χ0) is 11.8. The molecule has 0 radical (unpaired) electrons. The highest BCUT2D eigenvalue weighted by atomic mass is 16.4. The first-order valence-corrected chi connectivity index (χ1v) is 6.61. The highest BCUT2D eigenvalue weighted by Crippen LogP contribution is 2.23. The molecule has 3 nitrogen and oxygen atoms in total. The van der Waals surface area contributed by atoms with Crippen molar-refractivity contribution in [2.24, 2.45) is 5.92 Å². The van der Waals surface area contributed by atoms with Gasteiger partial charge in [0.05, 0.1) is 5.92 Å². The standard InChI is InChI=1S/C7H12O2.C6H13N/c8-7(9)6-4-2-1-3-5-6;1-7-5-3-2-4-6-7/h6H,1-5H2,(H,8,9);2-6H2,1H3. The molecular formula is C13H25NO2. The van der Waals surface area contributed by atoms with Crippen molar-refractivity contribution >= 4 is 5.97 Å². The summed E-state index contributed by atoms with van der Waals surface area (Å²) in [6.45, 7) is 2.64. The van der Waals surface area contributed by atoms with Crippen LogP contribution in [-0.2, 0) is 4.79 Å². The van der Waals surface area contributed by atoms with E-state index >= 15 is 0 Å². The molecule has 0 aromatic rings. The van der Waals surface area contributed by atoms with E-state index in [0.29, 0.717) is 0 Å². The molecule has 0 unspecified atom stereocenters. The van der Waals surface area contributed by atoms with Gasteiger partial charge < -0.3 is 10.0 Å². The summed E-state index contributed by atoms with van der Waals surface area (Å²) in [6, 6.07) is 0. The maximum atomic E-state index is 10.4. The predicted octanol–water partition coefficient (Wildman–Crippen LogP) is 2.75. The summed E-state index contributed by atoms with van der Waals surface area (Å²) in [6.07, 6.45) is 9.51. The van der Waals surface area contributed by atoms with Crippen LogP contribution in [0.2, 0.25) is 0 Å². The Morgan fingerprint density at radius 3 is 1.81 bits per heavy atom. The van der Waals surface area contributed by atoms with Gasteiger partial charge in [-0.2, -0.15) is 0 Å². The number of rotatable bonds is 1. The van der Waals surface area contributed by atoms with Gasteiger partial charge in [-0.3, -0.25) is 4.79 Å². The number of nitrogens with zero attached hydrogens (tertiary/aromatic N) is 1. The maximum Gasteiger partial charge on any atom is 0.306 e. The van der Waals surface area contributed by atoms with Crippen LogP contribution >= 0.6 is 0 Å². The molecule has 2 aliphatic rings. The molecule has 0 aromatic carbocycles. The van der Waals surface area contributed by atoms with Crippen LogP contribution in [0, 0.1) is 5.92 Å². The van der Waals surface area contributed by atoms with Crippen molar-refractivity contribution < 1.29 is 9.90 Å². The second-order valence-electron chi connectivity index (χ2n) is 5.04. The molecule has 2 fully saturated rings. The van der Waals surface area contributed by atoms with Gasteiger partial charge in [-0.05, 0) is 45.8 Å². The van der Waals surface area contributed by atoms with E-state index < -0.39 is 5.97 Å². The van der Waals surface area contributed by atoms with Crippen LogP contribution in [0.1, 0.15) is 51.4 Å². The van der Waals surface area contributed by atoms with Crippen molar-refractivity contribution in [3.8, 4) is 0 Å². The summed E-state index contributed by atoms with van der Waals surface area (Å²) in [4.78, 5) is 12.7. The molecule has 16 heavy (non-hydrogen) atoms. The van der Waals surface area contributed by atoms with Gasteiger partial charge in [0.1, 0.15) is 0 Å². The number of carboxylic acids is 1. The topological polar surface area (TPSA) is 40.5 Å². The Bertz CT molecular complexity index is 194. The Morgan fingerprint density at radius 2 is 1.50 bits per heavy atom. The third-order valence-corrected chi connectivity index (χ3v) is 3.53. The molecular weight excluding hydrogens is 202 g/mol. The number of carbonyl (C=O) groups is 1. The summed E-state index contributed by atoms with van der Waals surface area (Å²) in [5.41, 5.74) is 0. The average molecular weight is 227 g/mol. The number of hydrogen-bond donors (Lipinski definition) is 1. The third kappa shape index (κ3) is 5.50. The summed E-state index contributed by atoms with van der Waals surface area (Å²) in [7, 11) is 2.19. The number of piperidine rings is 1. The van der Waals surface area contributed by atoms with Gasteiger partial charge in [0.25, 0.3) is 0 Å². The molecule has 1 saturated carbocycles. The smallest absolute Gasteiger partial charge is 0.306 e. The van der Waals surface area contributed by atoms with Crippen LogP contribution in [0.4, 0.5) is 0 Å². The Morgan fingerprint density at radius 1 is 1.00 bits per heavy atom. The van der Waals surface area contributed by atoms with Gasteiger partial charge in [-0.25, -0.2) is 0 Å². The second-order valence-corrected chi connectivity index (χ2v) is 5.04. The molecule has 1 N–H and O–H groups in total. The van der Waals surface area contributed by atoms with Crippen LogP contribution in [0.3, 0.4) is 0 Å². The lowest BCUT2D eigenvalue weighted by Crippen LogP contribution is -2.24. The van der Waals surface area contributed by atoms with Gasteiger partial charge in [-0.15, -0.1) is 0 Å². The SMILES string of the molecule is CN1CCCCC1.O=C(O)C1CCCCC1. The van der Waals surface area contributed by atoms with E-state index in [2.05, 4.69) is 11.9 Å². The van der Waals surface area contributed by atoms with Crippen molar-refractivity contribution in [2.45, 2.75) is 51.4 Å². The molecule has 0 atom stereocenters. The molecule has 0 bridgehead atoms. The molecule has 1 aliphatic carbocycles. The summed E-state index contributed by atoms with van der Waals surface area (Å²) in [5.74, 6) is -0.631. The molecule has 1 heterocycles. The van der Waals surface area contributed by atoms with Crippen LogP contribution in [0.5, 0.6) is 0 Å². The van der Waals surface area contributed by atoms with Gasteiger partial charge in [0.15, 0.2) is 0 Å². The number of aliphatic carboxylic acids is 1. The molecule has 0 spiro atoms. The largest absolute Gasteiger partial charge is 0.481 e. The van der Waals surface area contributed by atoms with Crippen molar-refractivity contribution in [1.29, 1.82) is 0 Å². The zero-order valence-corrected chi connectivity index (χ0v) is 10.5. The minimum atomic E-state index is -0.602. The summed E-state index contributed by atoms with van der Waals surface area (Å²) in [5, 5.41) is 8.54. The highest BCUT2D eigenvalue weighted by molar-refractivity contribution is 5.69. The lowest BCUT2D eigenvalue weighted by molar-refractivity contribution is -0.142. The van der Waals surface area contributed by atoms with Gasteiger partial charge in [0, 0.05) is 0 Å². The number of hydrogen-bond acceptors (Lipinski definition) is 2. The average Bonchev–Trinajstić information content (AvgIpc) is 2.32. The zero-order valence-electron chi connectivity index (χ0n) is 10.5. The first kappa shape index (κ1) is 13.5. The Kier molecular flexibility index (Phi) is 6.46. The van der Waals surface area contributed by atoms with Crippen LogP contribution in [-0.4, -0.2) is 36.1 Å². The predicted molar refractivity (Wildman–Crippen MR) is 65.6 cm³/mol. The van der Waals surface area contributed by atoms with E-state index in [9.17, 15) is 4.79 Å². The molecule has 1 aliphatic heterocycles. The van der Waals surface area contributed by atoms with Crippen molar-refractivity contribution in [3.63, 3.8) is 0 Å². The van der Waals surface area contributed by atoms with E-state index in [-0.39, 0.29) is 5.92 Å². The fourth-order valence-corrected chi connectivity index (χ4v) is 2.40. The first-order valence-electron chi connectivity index (χ1n) is 6.61. The first-order chi connectivity index (χ1) is 7.70. The Labute approximate surface area is 98.8 Å². The number of carboxylic acid groups (broad SMARTS) is 1. The van der Waals surface area contributed by atoms with Crippen molar-refractivity contribution in [3.05, 3.63) is 0 Å². The minimum Gasteiger partial charge on any atom is -0.481 e. The molecule has 3 heteroatoms. The van der Waals surface area contributed by atoms with Crippen molar-refractivity contribution in [1.82, 2.24) is 4.90 Å². The lowest BCUT2D eigenvalue weighted by atomic mass is 9.90. The maximum absolute atomic E-state index is 10.4. The Balaban J connectivity index is 0.000000165. The van der Waals surface area contributed by atoms with Gasteiger partial charge >= 0.3 is 5.97 Å². The molecule has 94 valence electrons. The van der Waals surface area contributed by atoms with E-state index in [1.807, 2.05) is 0 Å². The molecule has 0 amide bonds. The summed E-state index contributed by atoms with van der Waals surface area (Å²) >= 11 is 0. The Hall–Kier alpha value is -0.570. The quantitative estimate of drug-likeness (QED) is 0.749. The van der Waals surface area contributed by atoms with Crippen LogP contribution in [0.15, 0.2) is 0 Å². The third-order valence-electron chi connectivity index (χ3n) is 3.53. The van der Waals surface area contributed by atoms with Gasteiger partial charge in [-0.1, -0.05) is 25.7 Å². The van der Waals surface area contributed by atoms with E-state index in [1.54, 1.807) is 0 Å². The molecule has 1 saturated heterocycles.